The van der Waals surface area contributed by atoms with Crippen molar-refractivity contribution in [1.29, 1.82) is 0 Å². The van der Waals surface area contributed by atoms with Gasteiger partial charge >= 0.3 is 7.44 Å². The minimum atomic E-state index is -3.79. The van der Waals surface area contributed by atoms with Gasteiger partial charge in [0.2, 0.25) is 0 Å². The summed E-state index contributed by atoms with van der Waals surface area (Å²) < 4.78 is 27.8. The molecule has 0 saturated heterocycles. The van der Waals surface area contributed by atoms with E-state index in [1.54, 1.807) is 0 Å². The van der Waals surface area contributed by atoms with Crippen LogP contribution < -0.4 is 14.6 Å². The van der Waals surface area contributed by atoms with Crippen LogP contribution in [0.2, 0.25) is 0 Å². The molecule has 2 heterocycles. The molecule has 0 fully saturated rings. The van der Waals surface area contributed by atoms with E-state index in [9.17, 15) is 0 Å². The Balaban J connectivity index is 1.23. The molecule has 5 heteroatoms. The van der Waals surface area contributed by atoms with Gasteiger partial charge in [-0.25, -0.2) is 0 Å². The van der Waals surface area contributed by atoms with E-state index < -0.39 is 7.44 Å². The average molecular weight is 725 g/mol. The number of anilines is 4. The van der Waals surface area contributed by atoms with Crippen molar-refractivity contribution in [3.8, 4) is 22.3 Å². The number of fused-ring (bicyclic) bond motifs is 6. The van der Waals surface area contributed by atoms with Gasteiger partial charge in [0.05, 0.1) is 16.7 Å². The summed E-state index contributed by atoms with van der Waals surface area (Å²) >= 11 is 0. The number of hydrogen-bond acceptors (Lipinski definition) is 2. The van der Waals surface area contributed by atoms with Crippen LogP contribution >= 0.6 is 7.44 Å². The van der Waals surface area contributed by atoms with Crippen LogP contribution in [0.15, 0.2) is 205 Å². The van der Waals surface area contributed by atoms with Crippen LogP contribution in [0.3, 0.4) is 0 Å². The molecule has 0 amide bonds. The van der Waals surface area contributed by atoms with Crippen LogP contribution in [0.1, 0.15) is 0 Å². The number of para-hydroxylation sites is 3. The van der Waals surface area contributed by atoms with Gasteiger partial charge in [-0.3, -0.25) is 13.9 Å². The number of rotatable bonds is 5. The normalized spacial score (nSPS) is 15.3. The Hall–Kier alpha value is -6.87. The van der Waals surface area contributed by atoms with Crippen molar-refractivity contribution in [2.24, 2.45) is 0 Å². The molecular formula is C50H33N2O2P. The Morgan fingerprint density at radius 2 is 0.836 bits per heavy atom. The molecule has 0 N–H and O–H groups in total. The van der Waals surface area contributed by atoms with Gasteiger partial charge in [0.1, 0.15) is 11.2 Å². The highest BCUT2D eigenvalue weighted by Gasteiger charge is 2.51. The highest BCUT2D eigenvalue weighted by atomic mass is 31.2. The van der Waals surface area contributed by atoms with Crippen LogP contribution in [0.4, 0.5) is 22.7 Å². The maximum absolute atomic E-state index is 17.4. The van der Waals surface area contributed by atoms with Crippen molar-refractivity contribution in [3.05, 3.63) is 200 Å². The first-order valence-electron chi connectivity index (χ1n) is 18.5. The van der Waals surface area contributed by atoms with Gasteiger partial charge in [0.15, 0.2) is 0 Å². The van der Waals surface area contributed by atoms with Crippen molar-refractivity contribution in [1.82, 2.24) is 0 Å². The number of furan rings is 1. The molecule has 10 aromatic rings. The minimum absolute atomic E-state index is 0.815. The van der Waals surface area contributed by atoms with E-state index in [0.717, 1.165) is 93.8 Å². The highest BCUT2D eigenvalue weighted by Crippen LogP contribution is 2.71. The van der Waals surface area contributed by atoms with Crippen molar-refractivity contribution < 1.29 is 8.98 Å². The van der Waals surface area contributed by atoms with Gasteiger partial charge in [-0.2, -0.15) is 0 Å². The molecule has 0 spiro atoms. The van der Waals surface area contributed by atoms with Crippen LogP contribution in [-0.4, -0.2) is 0 Å². The second-order valence-corrected chi connectivity index (χ2v) is 16.4. The molecule has 1 aliphatic rings. The molecule has 0 saturated carbocycles. The minimum Gasteiger partial charge on any atom is -0.456 e. The van der Waals surface area contributed by atoms with E-state index in [-0.39, 0.29) is 0 Å². The first-order chi connectivity index (χ1) is 27.2. The second kappa shape index (κ2) is 12.3. The van der Waals surface area contributed by atoms with Crippen molar-refractivity contribution in [2.75, 3.05) is 9.34 Å². The molecule has 4 nitrogen and oxygen atoms in total. The van der Waals surface area contributed by atoms with Crippen molar-refractivity contribution >= 4 is 79.0 Å². The molecule has 1 aromatic heterocycles. The van der Waals surface area contributed by atoms with E-state index in [4.69, 9.17) is 4.42 Å². The van der Waals surface area contributed by atoms with Gasteiger partial charge in [0, 0.05) is 22.1 Å². The van der Waals surface area contributed by atoms with E-state index >= 15 is 4.57 Å². The molecule has 55 heavy (non-hydrogen) atoms. The third-order valence-electron chi connectivity index (χ3n) is 10.9. The molecular weight excluding hydrogens is 692 g/mol. The summed E-state index contributed by atoms with van der Waals surface area (Å²) in [6.07, 6.45) is 0. The largest absolute Gasteiger partial charge is 0.456 e. The van der Waals surface area contributed by atoms with Crippen LogP contribution in [0.25, 0.3) is 65.7 Å². The molecule has 0 aliphatic carbocycles. The van der Waals surface area contributed by atoms with E-state index in [0.29, 0.717) is 0 Å². The summed E-state index contributed by atoms with van der Waals surface area (Å²) in [6, 6.07) is 69.0. The SMILES string of the molecule is O=P1(c2c3ccccc3c(-c3ccccc3)c3ccccc23)N(c2ccccc2)c2ccc(-c3ccc4oc5ccccc5c4c3)cc2N1c1ccccc1. The molecule has 0 bridgehead atoms. The van der Waals surface area contributed by atoms with E-state index in [1.165, 1.54) is 0 Å². The summed E-state index contributed by atoms with van der Waals surface area (Å²) in [5.41, 5.74) is 9.58. The lowest BCUT2D eigenvalue weighted by molar-refractivity contribution is 0.583. The van der Waals surface area contributed by atoms with E-state index in [1.807, 2.05) is 54.6 Å². The predicted octanol–water partition coefficient (Wildman–Crippen LogP) is 14.0. The second-order valence-electron chi connectivity index (χ2n) is 14.0. The zero-order valence-electron chi connectivity index (χ0n) is 29.7. The first-order valence-corrected chi connectivity index (χ1v) is 20.2. The van der Waals surface area contributed by atoms with Gasteiger partial charge in [-0.1, -0.05) is 146 Å². The molecule has 9 aromatic carbocycles. The van der Waals surface area contributed by atoms with Gasteiger partial charge in [0.25, 0.3) is 0 Å². The highest BCUT2D eigenvalue weighted by molar-refractivity contribution is 7.77. The van der Waals surface area contributed by atoms with Crippen LogP contribution in [-0.2, 0) is 4.57 Å². The Morgan fingerprint density at radius 1 is 0.364 bits per heavy atom. The van der Waals surface area contributed by atoms with E-state index in [2.05, 4.69) is 155 Å². The summed E-state index contributed by atoms with van der Waals surface area (Å²) in [5.74, 6) is 0. The fraction of sp³-hybridized carbons (Fsp3) is 0. The summed E-state index contributed by atoms with van der Waals surface area (Å²) in [6.45, 7) is 0. The summed E-state index contributed by atoms with van der Waals surface area (Å²) in [4.78, 5) is 0. The Bertz CT molecular complexity index is 3080. The Labute approximate surface area is 318 Å². The fourth-order valence-electron chi connectivity index (χ4n) is 8.60. The third-order valence-corrected chi connectivity index (χ3v) is 14.0. The molecule has 11 rings (SSSR count). The first kappa shape index (κ1) is 31.6. The molecule has 1 atom stereocenters. The summed E-state index contributed by atoms with van der Waals surface area (Å²) in [5, 5.41) is 7.04. The lowest BCUT2D eigenvalue weighted by Crippen LogP contribution is -2.28. The smallest absolute Gasteiger partial charge is 0.302 e. The lowest BCUT2D eigenvalue weighted by atomic mass is 9.92. The molecule has 260 valence electrons. The van der Waals surface area contributed by atoms with Gasteiger partial charge in [-0.15, -0.1) is 0 Å². The maximum atomic E-state index is 17.4. The quantitative estimate of drug-likeness (QED) is 0.131. The van der Waals surface area contributed by atoms with Gasteiger partial charge < -0.3 is 4.42 Å². The predicted molar refractivity (Wildman–Crippen MR) is 230 cm³/mol. The number of hydrogen-bond donors (Lipinski definition) is 0. The van der Waals surface area contributed by atoms with Gasteiger partial charge in [-0.05, 0) is 98.4 Å². The van der Waals surface area contributed by atoms with Crippen molar-refractivity contribution in [2.45, 2.75) is 0 Å². The third kappa shape index (κ3) is 4.75. The molecule has 0 radical (unpaired) electrons. The van der Waals surface area contributed by atoms with Crippen LogP contribution in [0.5, 0.6) is 0 Å². The monoisotopic (exact) mass is 724 g/mol. The summed E-state index contributed by atoms with van der Waals surface area (Å²) in [7, 11) is -3.79. The lowest BCUT2D eigenvalue weighted by Gasteiger charge is -2.35. The zero-order chi connectivity index (χ0) is 36.5. The topological polar surface area (TPSA) is 36.7 Å². The fourth-order valence-corrected chi connectivity index (χ4v) is 12.0. The number of nitrogens with zero attached hydrogens (tertiary/aromatic N) is 2. The molecule has 1 aliphatic heterocycles. The number of benzene rings is 9. The maximum Gasteiger partial charge on any atom is 0.302 e. The standard InChI is InChI=1S/C50H33N2O2P/c53-55(50-42-25-12-10-23-40(42)49(34-16-4-1-5-17-34)41-24-11-13-26-43(41)50)51(37-18-6-2-7-19-37)45-30-28-36(33-46(45)52(55)38-20-8-3-9-21-38)35-29-31-48-44(32-35)39-22-14-15-27-47(39)54-48/h1-33H. The average Bonchev–Trinajstić information content (AvgIpc) is 3.75. The molecule has 1 unspecified atom stereocenters. The van der Waals surface area contributed by atoms with Crippen LogP contribution in [0, 0.1) is 0 Å². The Kier molecular flexibility index (Phi) is 7.10. The van der Waals surface area contributed by atoms with Crippen molar-refractivity contribution in [3.63, 3.8) is 0 Å². The Morgan fingerprint density at radius 3 is 1.47 bits per heavy atom. The zero-order valence-corrected chi connectivity index (χ0v) is 30.6.